The van der Waals surface area contributed by atoms with Gasteiger partial charge in [0.1, 0.15) is 11.6 Å². The molecule has 1 saturated carbocycles. The van der Waals surface area contributed by atoms with Crippen molar-refractivity contribution < 1.29 is 22.7 Å². The molecular weight excluding hydrogens is 497 g/mol. The van der Waals surface area contributed by atoms with Crippen LogP contribution >= 0.6 is 28.1 Å². The summed E-state index contributed by atoms with van der Waals surface area (Å²) in [5.74, 6) is -0.421. The highest BCUT2D eigenvalue weighted by atomic mass is 79.9. The number of nitrogens with zero attached hydrogens (tertiary/aromatic N) is 4. The summed E-state index contributed by atoms with van der Waals surface area (Å²) in [6.45, 7) is 4.07. The van der Waals surface area contributed by atoms with Crippen LogP contribution in [0.1, 0.15) is 50.8 Å². The Bertz CT molecular complexity index is 911. The van der Waals surface area contributed by atoms with Crippen LogP contribution in [0, 0.1) is 11.3 Å². The van der Waals surface area contributed by atoms with Gasteiger partial charge in [0, 0.05) is 11.4 Å². The molecule has 0 bridgehead atoms. The minimum atomic E-state index is -4.78. The zero-order valence-corrected chi connectivity index (χ0v) is 19.5. The van der Waals surface area contributed by atoms with E-state index in [0.717, 1.165) is 48.2 Å². The van der Waals surface area contributed by atoms with Crippen molar-refractivity contribution in [2.45, 2.75) is 63.4 Å². The molecule has 0 N–H and O–H groups in total. The summed E-state index contributed by atoms with van der Waals surface area (Å²) in [7, 11) is 0. The molecule has 1 aromatic heterocycles. The SMILES string of the molecule is CC1(C)C(=O)N(c2cnc(C#N)c(C(F)(F)F)c2)C(=S)N1[C@H]1CC[C@H](OCCBr)CC1. The maximum absolute atomic E-state index is 13.4. The van der Waals surface area contributed by atoms with E-state index in [2.05, 4.69) is 20.9 Å². The van der Waals surface area contributed by atoms with Gasteiger partial charge in [-0.2, -0.15) is 18.4 Å². The van der Waals surface area contributed by atoms with Crippen molar-refractivity contribution in [3.63, 3.8) is 0 Å². The van der Waals surface area contributed by atoms with Crippen molar-refractivity contribution in [2.75, 3.05) is 16.8 Å². The molecule has 0 radical (unpaired) electrons. The molecule has 3 rings (SSSR count). The third kappa shape index (κ3) is 4.56. The zero-order chi connectivity index (χ0) is 23.0. The number of hydrogen-bond acceptors (Lipinski definition) is 5. The number of halogens is 4. The molecule has 1 aliphatic carbocycles. The molecule has 1 amide bonds. The van der Waals surface area contributed by atoms with E-state index in [-0.39, 0.29) is 22.9 Å². The second-order valence-corrected chi connectivity index (χ2v) is 9.20. The van der Waals surface area contributed by atoms with Crippen LogP contribution in [0.15, 0.2) is 12.3 Å². The Hall–Kier alpha value is -1.77. The molecule has 0 unspecified atom stereocenters. The number of thiocarbonyl (C=S) groups is 1. The Morgan fingerprint density at radius 3 is 2.55 bits per heavy atom. The summed E-state index contributed by atoms with van der Waals surface area (Å²) in [6, 6.07) is 2.19. The van der Waals surface area contributed by atoms with Gasteiger partial charge in [-0.25, -0.2) is 4.98 Å². The lowest BCUT2D eigenvalue weighted by atomic mass is 9.89. The lowest BCUT2D eigenvalue weighted by Crippen LogP contribution is -2.51. The molecule has 1 aromatic rings. The Morgan fingerprint density at radius 2 is 2.00 bits per heavy atom. The predicted octanol–water partition coefficient (Wildman–Crippen LogP) is 4.41. The number of anilines is 1. The third-order valence-electron chi connectivity index (χ3n) is 5.71. The van der Waals surface area contributed by atoms with Crippen LogP contribution in [0.3, 0.4) is 0 Å². The summed E-state index contributed by atoms with van der Waals surface area (Å²) < 4.78 is 45.9. The zero-order valence-electron chi connectivity index (χ0n) is 17.1. The molecule has 0 atom stereocenters. The van der Waals surface area contributed by atoms with Crippen molar-refractivity contribution in [1.29, 1.82) is 5.26 Å². The Kier molecular flexibility index (Phi) is 6.93. The van der Waals surface area contributed by atoms with Gasteiger partial charge in [-0.3, -0.25) is 9.69 Å². The molecule has 1 saturated heterocycles. The summed E-state index contributed by atoms with van der Waals surface area (Å²) >= 11 is 8.91. The maximum Gasteiger partial charge on any atom is 0.419 e. The molecule has 6 nitrogen and oxygen atoms in total. The molecule has 168 valence electrons. The van der Waals surface area contributed by atoms with Gasteiger partial charge in [-0.05, 0) is 57.8 Å². The minimum absolute atomic E-state index is 0.0197. The number of ether oxygens (including phenoxy) is 1. The van der Waals surface area contributed by atoms with Gasteiger partial charge in [0.15, 0.2) is 10.8 Å². The Balaban J connectivity index is 1.88. The second kappa shape index (κ2) is 9.00. The molecule has 2 fully saturated rings. The van der Waals surface area contributed by atoms with Crippen LogP contribution in [-0.4, -0.2) is 50.5 Å². The number of alkyl halides is 4. The van der Waals surface area contributed by atoms with Crippen molar-refractivity contribution in [3.05, 3.63) is 23.5 Å². The fourth-order valence-electron chi connectivity index (χ4n) is 4.21. The second-order valence-electron chi connectivity index (χ2n) is 8.04. The predicted molar refractivity (Wildman–Crippen MR) is 116 cm³/mol. The topological polar surface area (TPSA) is 69.5 Å². The first-order valence-corrected chi connectivity index (χ1v) is 11.4. The van der Waals surface area contributed by atoms with Gasteiger partial charge in [-0.1, -0.05) is 15.9 Å². The van der Waals surface area contributed by atoms with Crippen LogP contribution in [0.4, 0.5) is 18.9 Å². The maximum atomic E-state index is 13.4. The molecule has 0 spiro atoms. The molecule has 31 heavy (non-hydrogen) atoms. The molecule has 2 heterocycles. The smallest absolute Gasteiger partial charge is 0.377 e. The minimum Gasteiger partial charge on any atom is -0.377 e. The van der Waals surface area contributed by atoms with E-state index in [9.17, 15) is 18.0 Å². The van der Waals surface area contributed by atoms with Gasteiger partial charge >= 0.3 is 6.18 Å². The molecular formula is C20H22BrF3N4O2S. The quantitative estimate of drug-likeness (QED) is 0.424. The average Bonchev–Trinajstić information content (AvgIpc) is 2.90. The first-order chi connectivity index (χ1) is 14.5. The van der Waals surface area contributed by atoms with E-state index < -0.39 is 28.9 Å². The number of nitriles is 1. The van der Waals surface area contributed by atoms with Crippen LogP contribution in [0.25, 0.3) is 0 Å². The summed E-state index contributed by atoms with van der Waals surface area (Å²) in [5, 5.41) is 9.89. The first-order valence-electron chi connectivity index (χ1n) is 9.85. The van der Waals surface area contributed by atoms with E-state index in [4.69, 9.17) is 22.2 Å². The van der Waals surface area contributed by atoms with Crippen molar-refractivity contribution in [1.82, 2.24) is 9.88 Å². The van der Waals surface area contributed by atoms with E-state index >= 15 is 0 Å². The van der Waals surface area contributed by atoms with E-state index in [0.29, 0.717) is 6.61 Å². The Morgan fingerprint density at radius 1 is 1.35 bits per heavy atom. The van der Waals surface area contributed by atoms with Crippen molar-refractivity contribution in [2.24, 2.45) is 0 Å². The lowest BCUT2D eigenvalue weighted by Gasteiger charge is -2.40. The summed E-state index contributed by atoms with van der Waals surface area (Å²) in [4.78, 5) is 19.8. The highest BCUT2D eigenvalue weighted by molar-refractivity contribution is 9.09. The summed E-state index contributed by atoms with van der Waals surface area (Å²) in [6.07, 6.45) is -0.384. The fraction of sp³-hybridized carbons (Fsp3) is 0.600. The number of carbonyl (C=O) groups is 1. The number of carbonyl (C=O) groups excluding carboxylic acids is 1. The van der Waals surface area contributed by atoms with Gasteiger partial charge in [0.25, 0.3) is 5.91 Å². The van der Waals surface area contributed by atoms with E-state index in [1.54, 1.807) is 13.8 Å². The van der Waals surface area contributed by atoms with Gasteiger partial charge in [-0.15, -0.1) is 0 Å². The number of rotatable bonds is 5. The Labute approximate surface area is 192 Å². The van der Waals surface area contributed by atoms with Gasteiger partial charge in [0.2, 0.25) is 0 Å². The third-order valence-corrected chi connectivity index (χ3v) is 6.41. The average molecular weight is 519 g/mol. The fourth-order valence-corrected chi connectivity index (χ4v) is 4.97. The van der Waals surface area contributed by atoms with Crippen molar-refractivity contribution >= 4 is 44.9 Å². The first kappa shape index (κ1) is 23.9. The standard InChI is InChI=1S/C20H22BrF3N4O2S/c1-19(2)17(29)27(13-9-15(20(22,23)24)16(10-25)26-11-13)18(31)28(19)12-3-5-14(6-4-12)30-8-7-21/h9,11-12,14H,3-8H2,1-2H3/t12-,14-. The summed E-state index contributed by atoms with van der Waals surface area (Å²) in [5.41, 5.74) is -3.04. The number of amides is 1. The van der Waals surface area contributed by atoms with Crippen LogP contribution in [0.5, 0.6) is 0 Å². The van der Waals surface area contributed by atoms with Crippen molar-refractivity contribution in [3.8, 4) is 6.07 Å². The number of aromatic nitrogens is 1. The molecule has 1 aliphatic heterocycles. The molecule has 2 aliphatic rings. The van der Waals surface area contributed by atoms with Gasteiger partial charge in [0.05, 0.1) is 30.2 Å². The molecule has 0 aromatic carbocycles. The number of hydrogen-bond donors (Lipinski definition) is 0. The monoisotopic (exact) mass is 518 g/mol. The van der Waals surface area contributed by atoms with Crippen LogP contribution < -0.4 is 4.90 Å². The van der Waals surface area contributed by atoms with E-state index in [1.165, 1.54) is 6.07 Å². The normalized spacial score (nSPS) is 23.9. The number of pyridine rings is 1. The lowest BCUT2D eigenvalue weighted by molar-refractivity contribution is -0.138. The highest BCUT2D eigenvalue weighted by Crippen LogP contribution is 2.40. The van der Waals surface area contributed by atoms with Crippen LogP contribution in [-0.2, 0) is 15.7 Å². The largest absolute Gasteiger partial charge is 0.419 e. The van der Waals surface area contributed by atoms with E-state index in [1.807, 2.05) is 4.90 Å². The van der Waals surface area contributed by atoms with Crippen LogP contribution in [0.2, 0.25) is 0 Å². The van der Waals surface area contributed by atoms with Gasteiger partial charge < -0.3 is 9.64 Å². The highest BCUT2D eigenvalue weighted by Gasteiger charge is 2.52. The molecule has 11 heteroatoms.